The lowest BCUT2D eigenvalue weighted by Crippen LogP contribution is -2.12. The molecule has 0 aliphatic rings. The Morgan fingerprint density at radius 3 is 2.75 bits per heavy atom. The topological polar surface area (TPSA) is 48.1 Å². The van der Waals surface area contributed by atoms with Crippen molar-refractivity contribution < 1.29 is 4.74 Å². The molecule has 0 saturated carbocycles. The van der Waals surface area contributed by atoms with Gasteiger partial charge in [-0.1, -0.05) is 35.4 Å². The average Bonchev–Trinajstić information content (AvgIpc) is 2.41. The van der Waals surface area contributed by atoms with Crippen LogP contribution in [0.2, 0.25) is 10.0 Å². The molecule has 7 heteroatoms. The zero-order chi connectivity index (χ0) is 14.7. The van der Waals surface area contributed by atoms with Gasteiger partial charge in [0.15, 0.2) is 0 Å². The molecule has 20 heavy (non-hydrogen) atoms. The largest absolute Gasteiger partial charge is 0.487 e. The molecule has 0 unspecified atom stereocenters. The summed E-state index contributed by atoms with van der Waals surface area (Å²) in [4.78, 5) is 4.31. The molecular formula is C13H9BrCl2N2OS. The maximum absolute atomic E-state index is 6.08. The molecule has 2 aromatic rings. The van der Waals surface area contributed by atoms with Crippen molar-refractivity contribution >= 4 is 56.3 Å². The fourth-order valence-corrected chi connectivity index (χ4v) is 2.43. The van der Waals surface area contributed by atoms with Crippen molar-refractivity contribution in [2.24, 2.45) is 5.73 Å². The molecule has 3 nitrogen and oxygen atoms in total. The third-order valence-electron chi connectivity index (χ3n) is 2.45. The number of benzene rings is 1. The number of hydrogen-bond acceptors (Lipinski definition) is 3. The van der Waals surface area contributed by atoms with Crippen molar-refractivity contribution in [1.82, 2.24) is 4.98 Å². The van der Waals surface area contributed by atoms with Crippen molar-refractivity contribution in [3.05, 3.63) is 56.2 Å². The number of ether oxygens (including phenoxy) is 1. The van der Waals surface area contributed by atoms with Gasteiger partial charge in [0.05, 0.1) is 15.7 Å². The summed E-state index contributed by atoms with van der Waals surface area (Å²) in [7, 11) is 0. The number of hydrogen-bond donors (Lipinski definition) is 1. The molecule has 0 saturated heterocycles. The van der Waals surface area contributed by atoms with E-state index in [1.807, 2.05) is 6.07 Å². The Labute approximate surface area is 140 Å². The first-order valence-electron chi connectivity index (χ1n) is 5.49. The molecule has 0 atom stereocenters. The van der Waals surface area contributed by atoms with Crippen LogP contribution in [0.1, 0.15) is 11.3 Å². The molecule has 1 aromatic carbocycles. The lowest BCUT2D eigenvalue weighted by atomic mass is 10.2. The van der Waals surface area contributed by atoms with E-state index in [1.165, 1.54) is 0 Å². The molecule has 0 amide bonds. The molecule has 2 N–H and O–H groups in total. The highest BCUT2D eigenvalue weighted by Gasteiger charge is 2.08. The summed E-state index contributed by atoms with van der Waals surface area (Å²) in [6.07, 6.45) is 1.63. The van der Waals surface area contributed by atoms with Crippen molar-refractivity contribution in [2.75, 3.05) is 0 Å². The second-order valence-electron chi connectivity index (χ2n) is 3.90. The minimum Gasteiger partial charge on any atom is -0.487 e. The van der Waals surface area contributed by atoms with E-state index >= 15 is 0 Å². The van der Waals surface area contributed by atoms with E-state index in [2.05, 4.69) is 20.9 Å². The molecular weight excluding hydrogens is 383 g/mol. The second-order valence-corrected chi connectivity index (χ2v) is 6.01. The first kappa shape index (κ1) is 15.5. The molecule has 0 aliphatic carbocycles. The monoisotopic (exact) mass is 390 g/mol. The van der Waals surface area contributed by atoms with Gasteiger partial charge in [-0.25, -0.2) is 0 Å². The third kappa shape index (κ3) is 3.82. The Hall–Kier alpha value is -0.880. The van der Waals surface area contributed by atoms with Gasteiger partial charge in [0.1, 0.15) is 17.3 Å². The maximum Gasteiger partial charge on any atom is 0.139 e. The molecule has 0 aliphatic heterocycles. The van der Waals surface area contributed by atoms with Crippen LogP contribution in [0.3, 0.4) is 0 Å². The molecule has 0 bridgehead atoms. The predicted octanol–water partition coefficient (Wildman–Crippen LogP) is 4.36. The van der Waals surface area contributed by atoms with Gasteiger partial charge in [-0.05, 0) is 39.7 Å². The first-order chi connectivity index (χ1) is 9.47. The van der Waals surface area contributed by atoms with Crippen LogP contribution < -0.4 is 10.5 Å². The van der Waals surface area contributed by atoms with Gasteiger partial charge in [0, 0.05) is 16.7 Å². The summed E-state index contributed by atoms with van der Waals surface area (Å²) < 4.78 is 6.36. The van der Waals surface area contributed by atoms with Crippen LogP contribution in [0, 0.1) is 0 Å². The fourth-order valence-electron chi connectivity index (χ4n) is 1.47. The molecule has 1 aromatic heterocycles. The van der Waals surface area contributed by atoms with Crippen LogP contribution in [0.4, 0.5) is 0 Å². The summed E-state index contributed by atoms with van der Waals surface area (Å²) >= 11 is 20.3. The highest BCUT2D eigenvalue weighted by atomic mass is 79.9. The minimum atomic E-state index is 0.247. The van der Waals surface area contributed by atoms with E-state index in [9.17, 15) is 0 Å². The summed E-state index contributed by atoms with van der Waals surface area (Å²) in [5, 5.41) is 1.01. The van der Waals surface area contributed by atoms with Crippen molar-refractivity contribution in [3.63, 3.8) is 0 Å². The number of thiocarbonyl (C=S) groups is 1. The van der Waals surface area contributed by atoms with Crippen LogP contribution in [0.15, 0.2) is 34.9 Å². The van der Waals surface area contributed by atoms with E-state index in [1.54, 1.807) is 24.4 Å². The summed E-state index contributed by atoms with van der Waals surface area (Å²) in [6.45, 7) is 0.315. The zero-order valence-corrected chi connectivity index (χ0v) is 14.0. The number of pyridine rings is 1. The van der Waals surface area contributed by atoms with Crippen LogP contribution in [-0.4, -0.2) is 9.97 Å². The number of rotatable bonds is 4. The van der Waals surface area contributed by atoms with E-state index in [-0.39, 0.29) is 4.99 Å². The van der Waals surface area contributed by atoms with Gasteiger partial charge in [-0.2, -0.15) is 0 Å². The van der Waals surface area contributed by atoms with E-state index < -0.39 is 0 Å². The predicted molar refractivity (Wildman–Crippen MR) is 88.6 cm³/mol. The van der Waals surface area contributed by atoms with Crippen molar-refractivity contribution in [3.8, 4) is 5.75 Å². The molecule has 0 fully saturated rings. The normalized spacial score (nSPS) is 10.3. The third-order valence-corrected chi connectivity index (χ3v) is 4.15. The van der Waals surface area contributed by atoms with Gasteiger partial charge in [0.2, 0.25) is 0 Å². The number of nitrogens with zero attached hydrogens (tertiary/aromatic N) is 1. The molecule has 0 spiro atoms. The Bertz CT molecular complexity index is 667. The standard InChI is InChI=1S/C13H9BrCl2N2OS/c14-8-4-10(16)12(5-9(8)15)19-6-7-1-2-18-11(3-7)13(17)20/h1-5H,6H2,(H2,17,20). The molecule has 104 valence electrons. The Morgan fingerprint density at radius 1 is 1.30 bits per heavy atom. The summed E-state index contributed by atoms with van der Waals surface area (Å²) in [5.74, 6) is 0.508. The van der Waals surface area contributed by atoms with Crippen molar-refractivity contribution in [2.45, 2.75) is 6.61 Å². The Morgan fingerprint density at radius 2 is 2.05 bits per heavy atom. The van der Waals surface area contributed by atoms with Crippen LogP contribution >= 0.6 is 51.3 Å². The highest BCUT2D eigenvalue weighted by molar-refractivity contribution is 9.10. The van der Waals surface area contributed by atoms with Crippen LogP contribution in [0.25, 0.3) is 0 Å². The average molecular weight is 392 g/mol. The lowest BCUT2D eigenvalue weighted by molar-refractivity contribution is 0.306. The highest BCUT2D eigenvalue weighted by Crippen LogP contribution is 2.34. The number of nitrogens with two attached hydrogens (primary N) is 1. The van der Waals surface area contributed by atoms with Gasteiger partial charge >= 0.3 is 0 Å². The number of aromatic nitrogens is 1. The smallest absolute Gasteiger partial charge is 0.139 e. The lowest BCUT2D eigenvalue weighted by Gasteiger charge is -2.10. The second kappa shape index (κ2) is 6.72. The number of halogens is 3. The summed E-state index contributed by atoms with van der Waals surface area (Å²) in [5.41, 5.74) is 6.98. The summed E-state index contributed by atoms with van der Waals surface area (Å²) in [6, 6.07) is 6.93. The van der Waals surface area contributed by atoms with Crippen molar-refractivity contribution in [1.29, 1.82) is 0 Å². The van der Waals surface area contributed by atoms with Gasteiger partial charge < -0.3 is 10.5 Å². The van der Waals surface area contributed by atoms with Crippen LogP contribution in [-0.2, 0) is 6.61 Å². The Kier molecular flexibility index (Phi) is 5.21. The Balaban J connectivity index is 2.15. The van der Waals surface area contributed by atoms with Gasteiger partial charge in [-0.3, -0.25) is 4.98 Å². The zero-order valence-electron chi connectivity index (χ0n) is 10.1. The fraction of sp³-hybridized carbons (Fsp3) is 0.0769. The van der Waals surface area contributed by atoms with E-state index in [0.29, 0.717) is 28.1 Å². The SMILES string of the molecule is NC(=S)c1cc(COc2cc(Cl)c(Br)cc2Cl)ccn1. The van der Waals surface area contributed by atoms with Gasteiger partial charge in [-0.15, -0.1) is 0 Å². The van der Waals surface area contributed by atoms with Gasteiger partial charge in [0.25, 0.3) is 0 Å². The van der Waals surface area contributed by atoms with Crippen LogP contribution in [0.5, 0.6) is 5.75 Å². The maximum atomic E-state index is 6.08. The minimum absolute atomic E-state index is 0.247. The first-order valence-corrected chi connectivity index (χ1v) is 7.45. The quantitative estimate of drug-likeness (QED) is 0.621. The molecule has 0 radical (unpaired) electrons. The van der Waals surface area contributed by atoms with E-state index in [4.69, 9.17) is 45.9 Å². The molecule has 1 heterocycles. The van der Waals surface area contributed by atoms with E-state index in [0.717, 1.165) is 10.0 Å². The molecule has 2 rings (SSSR count).